The Bertz CT molecular complexity index is 206. The minimum Gasteiger partial charge on any atom is -0.337 e. The molecule has 15 heavy (non-hydrogen) atoms. The molecule has 0 aromatic heterocycles. The predicted octanol–water partition coefficient (Wildman–Crippen LogP) is 2.62. The average Bonchev–Trinajstić information content (AvgIpc) is 2.65. The van der Waals surface area contributed by atoms with E-state index in [9.17, 15) is 4.79 Å². The van der Waals surface area contributed by atoms with Gasteiger partial charge in [-0.15, -0.1) is 0 Å². The van der Waals surface area contributed by atoms with E-state index in [0.29, 0.717) is 5.41 Å². The van der Waals surface area contributed by atoms with Gasteiger partial charge < -0.3 is 10.2 Å². The summed E-state index contributed by atoms with van der Waals surface area (Å²) >= 11 is 0. The fourth-order valence-corrected chi connectivity index (χ4v) is 2.32. The Hall–Kier alpha value is -0.730. The van der Waals surface area contributed by atoms with Crippen molar-refractivity contribution >= 4 is 6.03 Å². The van der Waals surface area contributed by atoms with E-state index in [2.05, 4.69) is 12.2 Å². The maximum absolute atomic E-state index is 11.7. The molecule has 0 aliphatic heterocycles. The summed E-state index contributed by atoms with van der Waals surface area (Å²) in [7, 11) is 0. The van der Waals surface area contributed by atoms with Crippen LogP contribution in [0.15, 0.2) is 0 Å². The third-order valence-electron chi connectivity index (χ3n) is 3.53. The second kappa shape index (κ2) is 5.38. The van der Waals surface area contributed by atoms with Crippen molar-refractivity contribution in [1.82, 2.24) is 10.2 Å². The highest BCUT2D eigenvalue weighted by Gasteiger charge is 2.29. The van der Waals surface area contributed by atoms with E-state index in [0.717, 1.165) is 19.6 Å². The number of hydrogen-bond acceptors (Lipinski definition) is 1. The van der Waals surface area contributed by atoms with Crippen LogP contribution in [0.1, 0.15) is 46.5 Å². The van der Waals surface area contributed by atoms with Crippen molar-refractivity contribution in [3.8, 4) is 0 Å². The van der Waals surface area contributed by atoms with Crippen molar-refractivity contribution in [1.29, 1.82) is 0 Å². The molecule has 3 heteroatoms. The van der Waals surface area contributed by atoms with Crippen molar-refractivity contribution in [2.75, 3.05) is 19.6 Å². The molecule has 1 rings (SSSR count). The molecule has 1 saturated carbocycles. The first-order valence-corrected chi connectivity index (χ1v) is 6.14. The molecule has 1 aliphatic carbocycles. The van der Waals surface area contributed by atoms with Crippen LogP contribution in [0.3, 0.4) is 0 Å². The molecule has 0 aromatic carbocycles. The zero-order valence-electron chi connectivity index (χ0n) is 10.3. The molecule has 0 aromatic rings. The molecule has 0 saturated heterocycles. The minimum atomic E-state index is 0.0909. The molecular weight excluding hydrogens is 188 g/mol. The maximum atomic E-state index is 11.7. The van der Waals surface area contributed by atoms with Crippen LogP contribution >= 0.6 is 0 Å². The van der Waals surface area contributed by atoms with Gasteiger partial charge in [0, 0.05) is 19.6 Å². The van der Waals surface area contributed by atoms with E-state index in [1.165, 1.54) is 25.7 Å². The molecule has 2 amide bonds. The van der Waals surface area contributed by atoms with Gasteiger partial charge in [-0.2, -0.15) is 0 Å². The van der Waals surface area contributed by atoms with Gasteiger partial charge in [-0.3, -0.25) is 0 Å². The zero-order chi connectivity index (χ0) is 11.3. The summed E-state index contributed by atoms with van der Waals surface area (Å²) < 4.78 is 0. The smallest absolute Gasteiger partial charge is 0.317 e. The molecule has 0 radical (unpaired) electrons. The van der Waals surface area contributed by atoms with Gasteiger partial charge in [0.05, 0.1) is 0 Å². The van der Waals surface area contributed by atoms with Gasteiger partial charge in [-0.25, -0.2) is 4.79 Å². The van der Waals surface area contributed by atoms with Gasteiger partial charge in [0.25, 0.3) is 0 Å². The Balaban J connectivity index is 2.32. The second-order valence-electron chi connectivity index (χ2n) is 4.85. The van der Waals surface area contributed by atoms with Gasteiger partial charge in [-0.1, -0.05) is 19.8 Å². The summed E-state index contributed by atoms with van der Waals surface area (Å²) in [6.07, 6.45) is 5.15. The Kier molecular flexibility index (Phi) is 4.43. The number of carbonyl (C=O) groups excluding carboxylic acids is 1. The first kappa shape index (κ1) is 12.3. The van der Waals surface area contributed by atoms with E-state index in [-0.39, 0.29) is 6.03 Å². The normalized spacial score (nSPS) is 18.9. The van der Waals surface area contributed by atoms with E-state index in [1.807, 2.05) is 18.7 Å². The van der Waals surface area contributed by atoms with Crippen molar-refractivity contribution in [2.24, 2.45) is 5.41 Å². The largest absolute Gasteiger partial charge is 0.337 e. The van der Waals surface area contributed by atoms with Gasteiger partial charge in [-0.05, 0) is 32.1 Å². The first-order chi connectivity index (χ1) is 7.11. The summed E-state index contributed by atoms with van der Waals surface area (Å²) in [5, 5.41) is 3.05. The van der Waals surface area contributed by atoms with E-state index >= 15 is 0 Å². The summed E-state index contributed by atoms with van der Waals surface area (Å²) in [4.78, 5) is 13.6. The fraction of sp³-hybridized carbons (Fsp3) is 0.917. The molecule has 1 N–H and O–H groups in total. The quantitative estimate of drug-likeness (QED) is 0.763. The van der Waals surface area contributed by atoms with Crippen molar-refractivity contribution < 1.29 is 4.79 Å². The molecule has 0 bridgehead atoms. The topological polar surface area (TPSA) is 32.3 Å². The number of hydrogen-bond donors (Lipinski definition) is 1. The van der Waals surface area contributed by atoms with Crippen molar-refractivity contribution in [3.05, 3.63) is 0 Å². The highest BCUT2D eigenvalue weighted by Crippen LogP contribution is 2.36. The van der Waals surface area contributed by atoms with Gasteiger partial charge in [0.1, 0.15) is 0 Å². The molecule has 0 atom stereocenters. The van der Waals surface area contributed by atoms with Crippen molar-refractivity contribution in [2.45, 2.75) is 46.5 Å². The number of rotatable bonds is 4. The minimum absolute atomic E-state index is 0.0909. The second-order valence-corrected chi connectivity index (χ2v) is 4.85. The number of nitrogens with zero attached hydrogens (tertiary/aromatic N) is 1. The summed E-state index contributed by atoms with van der Waals surface area (Å²) in [6, 6.07) is 0.0909. The van der Waals surface area contributed by atoms with E-state index in [1.54, 1.807) is 0 Å². The molecule has 1 aliphatic rings. The molecule has 0 unspecified atom stereocenters. The van der Waals surface area contributed by atoms with Crippen LogP contribution in [-0.2, 0) is 0 Å². The third kappa shape index (κ3) is 3.40. The molecule has 88 valence electrons. The number of amides is 2. The Morgan fingerprint density at radius 3 is 2.27 bits per heavy atom. The van der Waals surface area contributed by atoms with Crippen LogP contribution in [0.5, 0.6) is 0 Å². The maximum Gasteiger partial charge on any atom is 0.317 e. The summed E-state index contributed by atoms with van der Waals surface area (Å²) in [6.45, 7) is 8.73. The highest BCUT2D eigenvalue weighted by atomic mass is 16.2. The molecule has 3 nitrogen and oxygen atoms in total. The highest BCUT2D eigenvalue weighted by molar-refractivity contribution is 5.74. The average molecular weight is 212 g/mol. The van der Waals surface area contributed by atoms with E-state index in [4.69, 9.17) is 0 Å². The van der Waals surface area contributed by atoms with Crippen LogP contribution < -0.4 is 5.32 Å². The summed E-state index contributed by atoms with van der Waals surface area (Å²) in [5.41, 5.74) is 0.350. The molecule has 0 heterocycles. The van der Waals surface area contributed by atoms with Crippen LogP contribution in [0.2, 0.25) is 0 Å². The Morgan fingerprint density at radius 2 is 1.80 bits per heavy atom. The van der Waals surface area contributed by atoms with Gasteiger partial charge in [0.15, 0.2) is 0 Å². The molecule has 0 spiro atoms. The van der Waals surface area contributed by atoms with Crippen LogP contribution in [-0.4, -0.2) is 30.6 Å². The monoisotopic (exact) mass is 212 g/mol. The van der Waals surface area contributed by atoms with E-state index < -0.39 is 0 Å². The van der Waals surface area contributed by atoms with Crippen molar-refractivity contribution in [3.63, 3.8) is 0 Å². The lowest BCUT2D eigenvalue weighted by Crippen LogP contribution is -2.43. The predicted molar refractivity (Wildman–Crippen MR) is 62.9 cm³/mol. The number of urea groups is 1. The van der Waals surface area contributed by atoms with Gasteiger partial charge >= 0.3 is 6.03 Å². The fourth-order valence-electron chi connectivity index (χ4n) is 2.32. The van der Waals surface area contributed by atoms with Crippen LogP contribution in [0.25, 0.3) is 0 Å². The lowest BCUT2D eigenvalue weighted by molar-refractivity contribution is 0.195. The first-order valence-electron chi connectivity index (χ1n) is 6.14. The Morgan fingerprint density at radius 1 is 1.27 bits per heavy atom. The van der Waals surface area contributed by atoms with Gasteiger partial charge in [0.2, 0.25) is 0 Å². The summed E-state index contributed by atoms with van der Waals surface area (Å²) in [5.74, 6) is 0. The number of nitrogens with one attached hydrogen (secondary N) is 1. The molecular formula is C12H24N2O. The SMILES string of the molecule is CCN(CC)C(=O)NCC1(C)CCCC1. The standard InChI is InChI=1S/C12H24N2O/c1-4-14(5-2)11(15)13-10-12(3)8-6-7-9-12/h4-10H2,1-3H3,(H,13,15). The number of carbonyl (C=O) groups is 1. The molecule has 1 fully saturated rings. The van der Waals surface area contributed by atoms with Crippen LogP contribution in [0.4, 0.5) is 4.79 Å². The Labute approximate surface area is 93.2 Å². The lowest BCUT2D eigenvalue weighted by Gasteiger charge is -2.26. The third-order valence-corrected chi connectivity index (χ3v) is 3.53. The zero-order valence-corrected chi connectivity index (χ0v) is 10.3. The lowest BCUT2D eigenvalue weighted by atomic mass is 9.89. The van der Waals surface area contributed by atoms with Crippen LogP contribution in [0, 0.1) is 5.41 Å².